The molecule has 4 heteroatoms. The van der Waals surface area contributed by atoms with Crippen molar-refractivity contribution in [2.75, 3.05) is 7.05 Å². The lowest BCUT2D eigenvalue weighted by Gasteiger charge is -2.42. The third-order valence-electron chi connectivity index (χ3n) is 3.87. The topological polar surface area (TPSA) is 72.2 Å². The first-order valence-electron chi connectivity index (χ1n) is 6.18. The first-order valence-corrected chi connectivity index (χ1v) is 6.18. The smallest absolute Gasteiger partial charge is 0.248 e. The van der Waals surface area contributed by atoms with Gasteiger partial charge in [-0.05, 0) is 30.5 Å². The van der Waals surface area contributed by atoms with Crippen molar-refractivity contribution in [2.45, 2.75) is 31.1 Å². The van der Waals surface area contributed by atoms with Crippen molar-refractivity contribution >= 4 is 11.8 Å². The van der Waals surface area contributed by atoms with Crippen molar-refractivity contribution in [2.24, 2.45) is 5.73 Å². The van der Waals surface area contributed by atoms with E-state index in [2.05, 4.69) is 5.32 Å². The number of hydrogen-bond acceptors (Lipinski definition) is 2. The van der Waals surface area contributed by atoms with Gasteiger partial charge in [0.15, 0.2) is 0 Å². The molecule has 0 aliphatic heterocycles. The molecule has 4 nitrogen and oxygen atoms in total. The number of amides is 2. The Morgan fingerprint density at radius 2 is 1.89 bits per heavy atom. The predicted molar refractivity (Wildman–Crippen MR) is 69.2 cm³/mol. The Bertz CT molecular complexity index is 461. The zero-order valence-electron chi connectivity index (χ0n) is 10.5. The highest BCUT2D eigenvalue weighted by atomic mass is 16.1. The summed E-state index contributed by atoms with van der Waals surface area (Å²) in [6.45, 7) is 0. The standard InChI is InChI=1S/C14H18N2O2/c1-16-12(17)9-14(7-2-8-14)11-5-3-10(4-6-11)13(15)18/h3-6H,2,7-9H2,1H3,(H2,15,18)(H,16,17). The fourth-order valence-corrected chi connectivity index (χ4v) is 2.55. The number of carbonyl (C=O) groups is 2. The van der Waals surface area contributed by atoms with Gasteiger partial charge in [0, 0.05) is 24.4 Å². The monoisotopic (exact) mass is 246 g/mol. The molecule has 0 saturated heterocycles. The Morgan fingerprint density at radius 3 is 2.28 bits per heavy atom. The lowest BCUT2D eigenvalue weighted by atomic mass is 9.62. The minimum atomic E-state index is -0.421. The molecule has 1 saturated carbocycles. The summed E-state index contributed by atoms with van der Waals surface area (Å²) >= 11 is 0. The molecule has 0 atom stereocenters. The normalized spacial score (nSPS) is 16.7. The fourth-order valence-electron chi connectivity index (χ4n) is 2.55. The number of nitrogens with two attached hydrogens (primary N) is 1. The van der Waals surface area contributed by atoms with Crippen molar-refractivity contribution in [1.29, 1.82) is 0 Å². The van der Waals surface area contributed by atoms with Crippen LogP contribution in [0.1, 0.15) is 41.6 Å². The first-order chi connectivity index (χ1) is 8.57. The van der Waals surface area contributed by atoms with Crippen LogP contribution in [0.15, 0.2) is 24.3 Å². The summed E-state index contributed by atoms with van der Waals surface area (Å²) in [6, 6.07) is 7.31. The molecular formula is C14H18N2O2. The molecule has 0 aromatic heterocycles. The van der Waals surface area contributed by atoms with Gasteiger partial charge >= 0.3 is 0 Å². The molecule has 1 aliphatic rings. The maximum absolute atomic E-state index is 11.6. The quantitative estimate of drug-likeness (QED) is 0.841. The van der Waals surface area contributed by atoms with Gasteiger partial charge in [-0.15, -0.1) is 0 Å². The lowest BCUT2D eigenvalue weighted by molar-refractivity contribution is -0.122. The highest BCUT2D eigenvalue weighted by Crippen LogP contribution is 2.46. The van der Waals surface area contributed by atoms with E-state index in [9.17, 15) is 9.59 Å². The molecule has 0 spiro atoms. The number of rotatable bonds is 4. The second-order valence-electron chi connectivity index (χ2n) is 4.93. The van der Waals surface area contributed by atoms with E-state index in [1.165, 1.54) is 0 Å². The van der Waals surface area contributed by atoms with Gasteiger partial charge in [0.2, 0.25) is 11.8 Å². The van der Waals surface area contributed by atoms with E-state index in [0.717, 1.165) is 24.8 Å². The van der Waals surface area contributed by atoms with Gasteiger partial charge in [-0.25, -0.2) is 0 Å². The Hall–Kier alpha value is -1.84. The Balaban J connectivity index is 2.22. The van der Waals surface area contributed by atoms with Crippen LogP contribution in [0.25, 0.3) is 0 Å². The van der Waals surface area contributed by atoms with E-state index in [1.807, 2.05) is 12.1 Å². The van der Waals surface area contributed by atoms with E-state index < -0.39 is 5.91 Å². The summed E-state index contributed by atoms with van der Waals surface area (Å²) in [6.07, 6.45) is 3.71. The Morgan fingerprint density at radius 1 is 1.28 bits per heavy atom. The number of nitrogens with one attached hydrogen (secondary N) is 1. The van der Waals surface area contributed by atoms with Crippen LogP contribution in [0.5, 0.6) is 0 Å². The summed E-state index contributed by atoms with van der Waals surface area (Å²) in [4.78, 5) is 22.6. The summed E-state index contributed by atoms with van der Waals surface area (Å²) in [7, 11) is 1.66. The summed E-state index contributed by atoms with van der Waals surface area (Å²) in [5.74, 6) is -0.357. The van der Waals surface area contributed by atoms with Gasteiger partial charge in [-0.3, -0.25) is 9.59 Å². The molecule has 1 aromatic carbocycles. The SMILES string of the molecule is CNC(=O)CC1(c2ccc(C(N)=O)cc2)CCC1. The van der Waals surface area contributed by atoms with Crippen LogP contribution in [0.4, 0.5) is 0 Å². The molecule has 2 rings (SSSR count). The van der Waals surface area contributed by atoms with Gasteiger partial charge < -0.3 is 11.1 Å². The van der Waals surface area contributed by atoms with Crippen LogP contribution >= 0.6 is 0 Å². The predicted octanol–water partition coefficient (Wildman–Crippen LogP) is 1.34. The third-order valence-corrected chi connectivity index (χ3v) is 3.87. The molecule has 0 heterocycles. The van der Waals surface area contributed by atoms with Gasteiger partial charge in [-0.2, -0.15) is 0 Å². The molecule has 2 amide bonds. The average molecular weight is 246 g/mol. The number of primary amides is 1. The van der Waals surface area contributed by atoms with Crippen LogP contribution in [-0.2, 0) is 10.2 Å². The molecular weight excluding hydrogens is 228 g/mol. The van der Waals surface area contributed by atoms with E-state index in [0.29, 0.717) is 12.0 Å². The Labute approximate surface area is 107 Å². The van der Waals surface area contributed by atoms with E-state index in [-0.39, 0.29) is 11.3 Å². The zero-order chi connectivity index (χ0) is 13.2. The molecule has 3 N–H and O–H groups in total. The highest BCUT2D eigenvalue weighted by Gasteiger charge is 2.40. The van der Waals surface area contributed by atoms with Gasteiger partial charge in [0.25, 0.3) is 0 Å². The number of carbonyl (C=O) groups excluding carboxylic acids is 2. The van der Waals surface area contributed by atoms with Crippen molar-refractivity contribution in [3.63, 3.8) is 0 Å². The van der Waals surface area contributed by atoms with Crippen LogP contribution in [-0.4, -0.2) is 18.9 Å². The minimum Gasteiger partial charge on any atom is -0.366 e. The van der Waals surface area contributed by atoms with Crippen molar-refractivity contribution in [1.82, 2.24) is 5.32 Å². The van der Waals surface area contributed by atoms with Crippen molar-refractivity contribution < 1.29 is 9.59 Å². The maximum atomic E-state index is 11.6. The van der Waals surface area contributed by atoms with Crippen LogP contribution in [0.3, 0.4) is 0 Å². The van der Waals surface area contributed by atoms with E-state index in [1.54, 1.807) is 19.2 Å². The van der Waals surface area contributed by atoms with Gasteiger partial charge in [-0.1, -0.05) is 18.6 Å². The average Bonchev–Trinajstić information content (AvgIpc) is 2.33. The van der Waals surface area contributed by atoms with E-state index in [4.69, 9.17) is 5.73 Å². The fraction of sp³-hybridized carbons (Fsp3) is 0.429. The summed E-state index contributed by atoms with van der Waals surface area (Å²) in [5.41, 5.74) is 6.81. The van der Waals surface area contributed by atoms with Crippen LogP contribution in [0.2, 0.25) is 0 Å². The molecule has 1 aliphatic carbocycles. The number of hydrogen-bond donors (Lipinski definition) is 2. The molecule has 1 aromatic rings. The van der Waals surface area contributed by atoms with Gasteiger partial charge in [0.1, 0.15) is 0 Å². The molecule has 96 valence electrons. The first kappa shape index (κ1) is 12.6. The minimum absolute atomic E-state index is 0.0454. The summed E-state index contributed by atoms with van der Waals surface area (Å²) in [5, 5.41) is 2.68. The Kier molecular flexibility index (Phi) is 3.36. The summed E-state index contributed by atoms with van der Waals surface area (Å²) < 4.78 is 0. The second kappa shape index (κ2) is 4.80. The van der Waals surface area contributed by atoms with Crippen molar-refractivity contribution in [3.8, 4) is 0 Å². The molecule has 0 bridgehead atoms. The second-order valence-corrected chi connectivity index (χ2v) is 4.93. The van der Waals surface area contributed by atoms with Crippen LogP contribution in [0, 0.1) is 0 Å². The molecule has 0 unspecified atom stereocenters. The number of benzene rings is 1. The molecule has 18 heavy (non-hydrogen) atoms. The van der Waals surface area contributed by atoms with Crippen LogP contribution < -0.4 is 11.1 Å². The molecule has 1 fully saturated rings. The third kappa shape index (κ3) is 2.23. The zero-order valence-corrected chi connectivity index (χ0v) is 10.5. The van der Waals surface area contributed by atoms with E-state index >= 15 is 0 Å². The molecule has 0 radical (unpaired) electrons. The largest absolute Gasteiger partial charge is 0.366 e. The van der Waals surface area contributed by atoms with Gasteiger partial charge in [0.05, 0.1) is 0 Å². The van der Waals surface area contributed by atoms with Crippen molar-refractivity contribution in [3.05, 3.63) is 35.4 Å². The highest BCUT2D eigenvalue weighted by molar-refractivity contribution is 5.92. The maximum Gasteiger partial charge on any atom is 0.248 e. The lowest BCUT2D eigenvalue weighted by Crippen LogP contribution is -2.39.